The fraction of sp³-hybridized carbons (Fsp3) is 0.474. The number of anilines is 2. The van der Waals surface area contributed by atoms with Crippen molar-refractivity contribution in [2.75, 3.05) is 30.4 Å². The van der Waals surface area contributed by atoms with Crippen molar-refractivity contribution in [2.24, 2.45) is 0 Å². The van der Waals surface area contributed by atoms with Crippen LogP contribution in [0, 0.1) is 0 Å². The molecule has 5 heteroatoms. The van der Waals surface area contributed by atoms with Crippen LogP contribution in [0.2, 0.25) is 0 Å². The van der Waals surface area contributed by atoms with Gasteiger partial charge in [0.05, 0.1) is 7.11 Å². The number of hydrogen-bond donors (Lipinski definition) is 1. The SMILES string of the molecule is CCNc1cc(N2CCc3cc(OC)ccc3C2)nc(C(C)C)n1. The van der Waals surface area contributed by atoms with Gasteiger partial charge in [-0.15, -0.1) is 0 Å². The Morgan fingerprint density at radius 3 is 2.75 bits per heavy atom. The van der Waals surface area contributed by atoms with Gasteiger partial charge in [-0.25, -0.2) is 9.97 Å². The monoisotopic (exact) mass is 326 g/mol. The van der Waals surface area contributed by atoms with Crippen LogP contribution in [0.1, 0.15) is 43.6 Å². The maximum absolute atomic E-state index is 5.33. The van der Waals surface area contributed by atoms with Gasteiger partial charge in [-0.05, 0) is 36.6 Å². The lowest BCUT2D eigenvalue weighted by atomic mass is 9.99. The van der Waals surface area contributed by atoms with Crippen molar-refractivity contribution < 1.29 is 4.74 Å². The van der Waals surface area contributed by atoms with Crippen molar-refractivity contribution in [3.05, 3.63) is 41.2 Å². The van der Waals surface area contributed by atoms with Gasteiger partial charge in [0, 0.05) is 31.6 Å². The number of hydrogen-bond acceptors (Lipinski definition) is 5. The van der Waals surface area contributed by atoms with Crippen LogP contribution in [0.15, 0.2) is 24.3 Å². The predicted molar refractivity (Wildman–Crippen MR) is 98.0 cm³/mol. The zero-order chi connectivity index (χ0) is 17.1. The van der Waals surface area contributed by atoms with E-state index in [1.54, 1.807) is 7.11 Å². The molecule has 2 aromatic rings. The Labute approximate surface area is 144 Å². The van der Waals surface area contributed by atoms with E-state index in [-0.39, 0.29) is 0 Å². The van der Waals surface area contributed by atoms with Gasteiger partial charge in [0.1, 0.15) is 23.2 Å². The molecule has 0 unspecified atom stereocenters. The number of nitrogens with zero attached hydrogens (tertiary/aromatic N) is 3. The van der Waals surface area contributed by atoms with Gasteiger partial charge in [0.2, 0.25) is 0 Å². The molecule has 0 bridgehead atoms. The molecule has 0 saturated carbocycles. The van der Waals surface area contributed by atoms with Crippen molar-refractivity contribution in [1.29, 1.82) is 0 Å². The first kappa shape index (κ1) is 16.6. The molecule has 2 heterocycles. The normalized spacial score (nSPS) is 13.8. The van der Waals surface area contributed by atoms with Crippen LogP contribution in [-0.2, 0) is 13.0 Å². The molecule has 0 atom stereocenters. The second-order valence-electron chi connectivity index (χ2n) is 6.46. The number of aromatic nitrogens is 2. The summed E-state index contributed by atoms with van der Waals surface area (Å²) >= 11 is 0. The van der Waals surface area contributed by atoms with E-state index < -0.39 is 0 Å². The first-order valence-electron chi connectivity index (χ1n) is 8.64. The fourth-order valence-electron chi connectivity index (χ4n) is 3.00. The lowest BCUT2D eigenvalue weighted by Crippen LogP contribution is -2.31. The zero-order valence-corrected chi connectivity index (χ0v) is 15.0. The molecule has 24 heavy (non-hydrogen) atoms. The molecule has 0 fully saturated rings. The molecule has 1 N–H and O–H groups in total. The Morgan fingerprint density at radius 2 is 2.04 bits per heavy atom. The van der Waals surface area contributed by atoms with E-state index in [1.807, 2.05) is 6.07 Å². The quantitative estimate of drug-likeness (QED) is 0.910. The summed E-state index contributed by atoms with van der Waals surface area (Å²) in [4.78, 5) is 11.8. The Hall–Kier alpha value is -2.30. The minimum absolute atomic E-state index is 0.309. The molecule has 1 aliphatic rings. The molecule has 0 spiro atoms. The third-order valence-corrected chi connectivity index (χ3v) is 4.35. The standard InChI is InChI=1S/C19H26N4O/c1-5-20-17-11-18(22-19(21-17)13(2)3)23-9-8-14-10-16(24-4)7-6-15(14)12-23/h6-7,10-11,13H,5,8-9,12H2,1-4H3,(H,20,21,22). The van der Waals surface area contributed by atoms with Crippen LogP contribution >= 0.6 is 0 Å². The van der Waals surface area contributed by atoms with Crippen molar-refractivity contribution >= 4 is 11.6 Å². The van der Waals surface area contributed by atoms with E-state index in [9.17, 15) is 0 Å². The Balaban J connectivity index is 1.89. The van der Waals surface area contributed by atoms with E-state index >= 15 is 0 Å². The summed E-state index contributed by atoms with van der Waals surface area (Å²) in [7, 11) is 1.72. The topological polar surface area (TPSA) is 50.3 Å². The second-order valence-corrected chi connectivity index (χ2v) is 6.46. The molecule has 0 saturated heterocycles. The van der Waals surface area contributed by atoms with Crippen molar-refractivity contribution in [1.82, 2.24) is 9.97 Å². The lowest BCUT2D eigenvalue weighted by molar-refractivity contribution is 0.413. The smallest absolute Gasteiger partial charge is 0.135 e. The predicted octanol–water partition coefficient (Wildman–Crippen LogP) is 3.60. The minimum Gasteiger partial charge on any atom is -0.497 e. The minimum atomic E-state index is 0.309. The number of fused-ring (bicyclic) bond motifs is 1. The van der Waals surface area contributed by atoms with Gasteiger partial charge in [-0.1, -0.05) is 19.9 Å². The van der Waals surface area contributed by atoms with Gasteiger partial charge in [-0.3, -0.25) is 0 Å². The van der Waals surface area contributed by atoms with E-state index in [1.165, 1.54) is 11.1 Å². The highest BCUT2D eigenvalue weighted by molar-refractivity contribution is 5.52. The van der Waals surface area contributed by atoms with E-state index in [0.717, 1.165) is 49.3 Å². The lowest BCUT2D eigenvalue weighted by Gasteiger charge is -2.30. The summed E-state index contributed by atoms with van der Waals surface area (Å²) in [6.45, 7) is 9.04. The number of nitrogens with one attached hydrogen (secondary N) is 1. The van der Waals surface area contributed by atoms with Crippen LogP contribution in [-0.4, -0.2) is 30.2 Å². The van der Waals surface area contributed by atoms with E-state index in [2.05, 4.69) is 54.2 Å². The largest absolute Gasteiger partial charge is 0.497 e. The van der Waals surface area contributed by atoms with Crippen LogP contribution in [0.5, 0.6) is 5.75 Å². The molecule has 0 amide bonds. The molecular formula is C19H26N4O. The molecule has 1 aromatic heterocycles. The average Bonchev–Trinajstić information content (AvgIpc) is 2.60. The van der Waals surface area contributed by atoms with Gasteiger partial charge in [0.15, 0.2) is 0 Å². The summed E-state index contributed by atoms with van der Waals surface area (Å²) < 4.78 is 5.33. The number of ether oxygens (including phenoxy) is 1. The third kappa shape index (κ3) is 3.45. The molecule has 5 nitrogen and oxygen atoms in total. The van der Waals surface area contributed by atoms with Gasteiger partial charge < -0.3 is 15.0 Å². The molecule has 1 aromatic carbocycles. The summed E-state index contributed by atoms with van der Waals surface area (Å²) in [6, 6.07) is 8.40. The van der Waals surface area contributed by atoms with Gasteiger partial charge >= 0.3 is 0 Å². The molecule has 0 aliphatic carbocycles. The molecule has 1 aliphatic heterocycles. The van der Waals surface area contributed by atoms with Crippen molar-refractivity contribution in [3.63, 3.8) is 0 Å². The highest BCUT2D eigenvalue weighted by Crippen LogP contribution is 2.28. The summed E-state index contributed by atoms with van der Waals surface area (Å²) in [5, 5.41) is 3.32. The highest BCUT2D eigenvalue weighted by Gasteiger charge is 2.20. The highest BCUT2D eigenvalue weighted by atomic mass is 16.5. The molecule has 0 radical (unpaired) electrons. The summed E-state index contributed by atoms with van der Waals surface area (Å²) in [5.41, 5.74) is 2.72. The second kappa shape index (κ2) is 7.07. The summed E-state index contributed by atoms with van der Waals surface area (Å²) in [6.07, 6.45) is 1.00. The van der Waals surface area contributed by atoms with Crippen LogP contribution < -0.4 is 15.0 Å². The maximum atomic E-state index is 5.33. The zero-order valence-electron chi connectivity index (χ0n) is 15.0. The number of benzene rings is 1. The van der Waals surface area contributed by atoms with Crippen molar-refractivity contribution in [2.45, 2.75) is 39.7 Å². The van der Waals surface area contributed by atoms with Gasteiger partial charge in [-0.2, -0.15) is 0 Å². The van der Waals surface area contributed by atoms with Crippen LogP contribution in [0.25, 0.3) is 0 Å². The van der Waals surface area contributed by atoms with Crippen molar-refractivity contribution in [3.8, 4) is 5.75 Å². The first-order valence-corrected chi connectivity index (χ1v) is 8.64. The summed E-state index contributed by atoms with van der Waals surface area (Å²) in [5.74, 6) is 4.05. The first-order chi connectivity index (χ1) is 11.6. The van der Waals surface area contributed by atoms with Gasteiger partial charge in [0.25, 0.3) is 0 Å². The van der Waals surface area contributed by atoms with Crippen LogP contribution in [0.4, 0.5) is 11.6 Å². The number of methoxy groups -OCH3 is 1. The van der Waals surface area contributed by atoms with E-state index in [4.69, 9.17) is 9.72 Å². The Bertz CT molecular complexity index is 715. The molecular weight excluding hydrogens is 300 g/mol. The fourth-order valence-corrected chi connectivity index (χ4v) is 3.00. The Kier molecular flexibility index (Phi) is 4.88. The number of rotatable bonds is 5. The van der Waals surface area contributed by atoms with Crippen LogP contribution in [0.3, 0.4) is 0 Å². The van der Waals surface area contributed by atoms with E-state index in [0.29, 0.717) is 5.92 Å². The third-order valence-electron chi connectivity index (χ3n) is 4.35. The molecule has 128 valence electrons. The average molecular weight is 326 g/mol. The Morgan fingerprint density at radius 1 is 1.21 bits per heavy atom. The maximum Gasteiger partial charge on any atom is 0.135 e. The molecule has 3 rings (SSSR count).